The normalized spacial score (nSPS) is 10.9. The van der Waals surface area contributed by atoms with E-state index in [9.17, 15) is 0 Å². The largest absolute Gasteiger partial charge is 0.476 e. The SMILES string of the molecule is CCc1nc(Br)cc(OCCN(CC)CC)n1. The molecular weight excluding hydrogens is 282 g/mol. The summed E-state index contributed by atoms with van der Waals surface area (Å²) < 4.78 is 6.42. The fourth-order valence-corrected chi connectivity index (χ4v) is 1.89. The fraction of sp³-hybridized carbons (Fsp3) is 0.667. The average molecular weight is 302 g/mol. The predicted molar refractivity (Wildman–Crippen MR) is 72.4 cm³/mol. The Balaban J connectivity index is 2.48. The van der Waals surface area contributed by atoms with Gasteiger partial charge in [-0.15, -0.1) is 0 Å². The van der Waals surface area contributed by atoms with Gasteiger partial charge in [-0.05, 0) is 29.0 Å². The summed E-state index contributed by atoms with van der Waals surface area (Å²) in [6.45, 7) is 10.0. The van der Waals surface area contributed by atoms with Crippen LogP contribution in [0.15, 0.2) is 10.7 Å². The lowest BCUT2D eigenvalue weighted by Gasteiger charge is -2.17. The van der Waals surface area contributed by atoms with Gasteiger partial charge in [-0.1, -0.05) is 20.8 Å². The van der Waals surface area contributed by atoms with Crippen molar-refractivity contribution in [2.75, 3.05) is 26.2 Å². The number of rotatable bonds is 7. The minimum atomic E-state index is 0.649. The zero-order chi connectivity index (χ0) is 12.7. The molecule has 0 amide bonds. The molecule has 1 rings (SSSR count). The van der Waals surface area contributed by atoms with Crippen molar-refractivity contribution in [1.82, 2.24) is 14.9 Å². The van der Waals surface area contributed by atoms with Crippen molar-refractivity contribution in [3.8, 4) is 5.88 Å². The van der Waals surface area contributed by atoms with Crippen LogP contribution in [0.5, 0.6) is 5.88 Å². The third-order valence-electron chi connectivity index (χ3n) is 2.59. The van der Waals surface area contributed by atoms with Crippen LogP contribution in [0.4, 0.5) is 0 Å². The molecule has 0 aliphatic heterocycles. The van der Waals surface area contributed by atoms with Gasteiger partial charge < -0.3 is 9.64 Å². The molecule has 1 heterocycles. The van der Waals surface area contributed by atoms with Crippen LogP contribution in [0, 0.1) is 0 Å². The molecule has 0 bridgehead atoms. The molecule has 0 fully saturated rings. The lowest BCUT2D eigenvalue weighted by Crippen LogP contribution is -2.28. The van der Waals surface area contributed by atoms with Gasteiger partial charge in [0.05, 0.1) is 0 Å². The highest BCUT2D eigenvalue weighted by molar-refractivity contribution is 9.10. The van der Waals surface area contributed by atoms with Gasteiger partial charge in [0.2, 0.25) is 5.88 Å². The third-order valence-corrected chi connectivity index (χ3v) is 2.99. The quantitative estimate of drug-likeness (QED) is 0.726. The van der Waals surface area contributed by atoms with E-state index >= 15 is 0 Å². The van der Waals surface area contributed by atoms with E-state index in [1.807, 2.05) is 6.92 Å². The average Bonchev–Trinajstić information content (AvgIpc) is 2.34. The highest BCUT2D eigenvalue weighted by Gasteiger charge is 2.04. The fourth-order valence-electron chi connectivity index (χ4n) is 1.49. The number of nitrogens with zero attached hydrogens (tertiary/aromatic N) is 3. The van der Waals surface area contributed by atoms with Crippen LogP contribution >= 0.6 is 15.9 Å². The Hall–Kier alpha value is -0.680. The molecule has 17 heavy (non-hydrogen) atoms. The van der Waals surface area contributed by atoms with Crippen molar-refractivity contribution < 1.29 is 4.74 Å². The Morgan fingerprint density at radius 1 is 1.24 bits per heavy atom. The minimum absolute atomic E-state index is 0.649. The maximum Gasteiger partial charge on any atom is 0.217 e. The van der Waals surface area contributed by atoms with E-state index in [0.29, 0.717) is 12.5 Å². The Morgan fingerprint density at radius 2 is 1.94 bits per heavy atom. The maximum absolute atomic E-state index is 5.64. The van der Waals surface area contributed by atoms with Crippen molar-refractivity contribution in [3.05, 3.63) is 16.5 Å². The monoisotopic (exact) mass is 301 g/mol. The van der Waals surface area contributed by atoms with Crippen LogP contribution < -0.4 is 4.74 Å². The molecule has 0 saturated carbocycles. The van der Waals surface area contributed by atoms with E-state index in [4.69, 9.17) is 4.74 Å². The summed E-state index contributed by atoms with van der Waals surface area (Å²) in [6.07, 6.45) is 0.811. The number of aryl methyl sites for hydroxylation is 1. The third kappa shape index (κ3) is 5.00. The van der Waals surface area contributed by atoms with Crippen LogP contribution in [-0.2, 0) is 6.42 Å². The lowest BCUT2D eigenvalue weighted by atomic mass is 10.4. The van der Waals surface area contributed by atoms with E-state index in [-0.39, 0.29) is 0 Å². The highest BCUT2D eigenvalue weighted by Crippen LogP contribution is 2.14. The number of ether oxygens (including phenoxy) is 1. The molecular formula is C12H20BrN3O. The molecule has 5 heteroatoms. The number of hydrogen-bond acceptors (Lipinski definition) is 4. The molecule has 1 aromatic heterocycles. The number of halogens is 1. The van der Waals surface area contributed by atoms with E-state index < -0.39 is 0 Å². The topological polar surface area (TPSA) is 38.2 Å². The van der Waals surface area contributed by atoms with Gasteiger partial charge in [-0.2, -0.15) is 4.98 Å². The second-order valence-electron chi connectivity index (χ2n) is 3.67. The molecule has 0 unspecified atom stereocenters. The van der Waals surface area contributed by atoms with E-state index in [1.54, 1.807) is 6.07 Å². The zero-order valence-electron chi connectivity index (χ0n) is 10.7. The van der Waals surface area contributed by atoms with Crippen LogP contribution in [0.3, 0.4) is 0 Å². The Morgan fingerprint density at radius 3 is 2.53 bits per heavy atom. The number of likely N-dealkylation sites (N-methyl/N-ethyl adjacent to an activating group) is 1. The Labute approximate surface area is 112 Å². The van der Waals surface area contributed by atoms with Crippen molar-refractivity contribution in [3.63, 3.8) is 0 Å². The smallest absolute Gasteiger partial charge is 0.217 e. The first-order valence-electron chi connectivity index (χ1n) is 6.08. The Bertz CT molecular complexity index is 343. The molecule has 96 valence electrons. The van der Waals surface area contributed by atoms with Crippen LogP contribution in [0.25, 0.3) is 0 Å². The van der Waals surface area contributed by atoms with Gasteiger partial charge in [-0.3, -0.25) is 0 Å². The van der Waals surface area contributed by atoms with Crippen molar-refractivity contribution >= 4 is 15.9 Å². The van der Waals surface area contributed by atoms with Crippen LogP contribution in [0.2, 0.25) is 0 Å². The Kier molecular flexibility index (Phi) is 6.44. The van der Waals surface area contributed by atoms with Gasteiger partial charge in [0, 0.05) is 19.0 Å². The lowest BCUT2D eigenvalue weighted by molar-refractivity contribution is 0.217. The standard InChI is InChI=1S/C12H20BrN3O/c1-4-11-14-10(13)9-12(15-11)17-8-7-16(5-2)6-3/h9H,4-8H2,1-3H3. The summed E-state index contributed by atoms with van der Waals surface area (Å²) in [5.74, 6) is 1.45. The molecule has 0 radical (unpaired) electrons. The first-order chi connectivity index (χ1) is 8.19. The molecule has 0 aliphatic carbocycles. The van der Waals surface area contributed by atoms with Gasteiger partial charge in [0.15, 0.2) is 0 Å². The van der Waals surface area contributed by atoms with E-state index in [0.717, 1.165) is 36.5 Å². The van der Waals surface area contributed by atoms with Gasteiger partial charge in [-0.25, -0.2) is 4.98 Å². The zero-order valence-corrected chi connectivity index (χ0v) is 12.3. The number of hydrogen-bond donors (Lipinski definition) is 0. The highest BCUT2D eigenvalue weighted by atomic mass is 79.9. The molecule has 0 saturated heterocycles. The summed E-state index contributed by atoms with van der Waals surface area (Å²) in [7, 11) is 0. The summed E-state index contributed by atoms with van der Waals surface area (Å²) in [5.41, 5.74) is 0. The first-order valence-corrected chi connectivity index (χ1v) is 6.87. The van der Waals surface area contributed by atoms with Gasteiger partial charge in [0.1, 0.15) is 17.0 Å². The minimum Gasteiger partial charge on any atom is -0.476 e. The molecule has 0 aromatic carbocycles. The predicted octanol–water partition coefficient (Wildman–Crippen LogP) is 2.52. The van der Waals surface area contributed by atoms with E-state index in [2.05, 4.69) is 44.6 Å². The van der Waals surface area contributed by atoms with Crippen molar-refractivity contribution in [2.45, 2.75) is 27.2 Å². The molecule has 0 aliphatic rings. The molecule has 0 N–H and O–H groups in total. The number of aromatic nitrogens is 2. The summed E-state index contributed by atoms with van der Waals surface area (Å²) >= 11 is 3.36. The van der Waals surface area contributed by atoms with Crippen LogP contribution in [0.1, 0.15) is 26.6 Å². The second kappa shape index (κ2) is 7.61. The van der Waals surface area contributed by atoms with Gasteiger partial charge >= 0.3 is 0 Å². The van der Waals surface area contributed by atoms with Gasteiger partial charge in [0.25, 0.3) is 0 Å². The first kappa shape index (κ1) is 14.4. The maximum atomic E-state index is 5.64. The summed E-state index contributed by atoms with van der Waals surface area (Å²) in [6, 6.07) is 1.81. The molecule has 0 atom stereocenters. The van der Waals surface area contributed by atoms with Crippen LogP contribution in [-0.4, -0.2) is 41.1 Å². The summed E-state index contributed by atoms with van der Waals surface area (Å²) in [4.78, 5) is 10.9. The molecule has 0 spiro atoms. The summed E-state index contributed by atoms with van der Waals surface area (Å²) in [5, 5.41) is 0. The molecule has 4 nitrogen and oxygen atoms in total. The van der Waals surface area contributed by atoms with Crippen molar-refractivity contribution in [1.29, 1.82) is 0 Å². The van der Waals surface area contributed by atoms with E-state index in [1.165, 1.54) is 0 Å². The molecule has 1 aromatic rings. The second-order valence-corrected chi connectivity index (χ2v) is 4.49. The van der Waals surface area contributed by atoms with Crippen molar-refractivity contribution in [2.24, 2.45) is 0 Å².